The van der Waals surface area contributed by atoms with Gasteiger partial charge in [0.1, 0.15) is 6.07 Å². The largest absolute Gasteiger partial charge is 0.435 e. The van der Waals surface area contributed by atoms with E-state index in [2.05, 4.69) is 31.3 Å². The van der Waals surface area contributed by atoms with Crippen molar-refractivity contribution in [2.75, 3.05) is 11.9 Å². The molecule has 0 amide bonds. The van der Waals surface area contributed by atoms with Crippen LogP contribution in [0, 0.1) is 32.1 Å². The first kappa shape index (κ1) is 29.9. The number of nitrogens with zero attached hydrogens (tertiary/aromatic N) is 6. The predicted octanol–water partition coefficient (Wildman–Crippen LogP) is 6.39. The topological polar surface area (TPSA) is 109 Å². The quantitative estimate of drug-likeness (QED) is 0.266. The van der Waals surface area contributed by atoms with E-state index >= 15 is 0 Å². The number of aromatic nitrogens is 5. The normalized spacial score (nSPS) is 11.0. The second-order valence-corrected chi connectivity index (χ2v) is 9.63. The Kier molecular flexibility index (Phi) is 8.66. The Hall–Kier alpha value is -5.11. The van der Waals surface area contributed by atoms with E-state index in [9.17, 15) is 23.2 Å². The van der Waals surface area contributed by atoms with Crippen LogP contribution in [0.5, 0.6) is 0 Å². The van der Waals surface area contributed by atoms with Gasteiger partial charge in [0.15, 0.2) is 11.5 Å². The smallest absolute Gasteiger partial charge is 0.384 e. The van der Waals surface area contributed by atoms with E-state index in [0.717, 1.165) is 27.8 Å². The van der Waals surface area contributed by atoms with Crippen molar-refractivity contribution in [2.45, 2.75) is 33.9 Å². The first-order valence-corrected chi connectivity index (χ1v) is 13.0. The zero-order chi connectivity index (χ0) is 30.6. The third-order valence-electron chi connectivity index (χ3n) is 6.59. The van der Waals surface area contributed by atoms with Gasteiger partial charge in [0.25, 0.3) is 5.56 Å². The highest BCUT2D eigenvalue weighted by Gasteiger charge is 2.35. The molecule has 0 unspecified atom stereocenters. The summed E-state index contributed by atoms with van der Waals surface area (Å²) in [5.41, 5.74) is 4.03. The number of hydrogen-bond donors (Lipinski definition) is 1. The fourth-order valence-electron chi connectivity index (χ4n) is 4.36. The van der Waals surface area contributed by atoms with E-state index in [1.807, 2.05) is 38.1 Å². The van der Waals surface area contributed by atoms with E-state index < -0.39 is 11.9 Å². The number of rotatable bonds is 4. The van der Waals surface area contributed by atoms with E-state index in [-0.39, 0.29) is 11.2 Å². The molecule has 5 aromatic rings. The average molecular weight is 572 g/mol. The van der Waals surface area contributed by atoms with E-state index in [4.69, 9.17) is 0 Å². The van der Waals surface area contributed by atoms with Crippen LogP contribution < -0.4 is 10.9 Å². The minimum absolute atomic E-state index is 0.0330. The second-order valence-electron chi connectivity index (χ2n) is 9.63. The van der Waals surface area contributed by atoms with Crippen molar-refractivity contribution in [1.29, 1.82) is 5.26 Å². The molecule has 0 spiro atoms. The van der Waals surface area contributed by atoms with Crippen LogP contribution >= 0.6 is 0 Å². The van der Waals surface area contributed by atoms with Crippen LogP contribution in [-0.2, 0) is 13.2 Å². The van der Waals surface area contributed by atoms with Crippen LogP contribution in [-0.4, -0.2) is 31.0 Å². The Morgan fingerprint density at radius 1 is 1.00 bits per heavy atom. The molecule has 0 atom stereocenters. The number of hydrogen-bond acceptors (Lipinski definition) is 7. The number of aryl methyl sites for hydroxylation is 2. The summed E-state index contributed by atoms with van der Waals surface area (Å²) in [6, 6.07) is 12.9. The van der Waals surface area contributed by atoms with Gasteiger partial charge < -0.3 is 9.88 Å². The minimum Gasteiger partial charge on any atom is -0.384 e. The van der Waals surface area contributed by atoms with Gasteiger partial charge in [-0.25, -0.2) is 15.0 Å². The van der Waals surface area contributed by atoms with E-state index in [0.29, 0.717) is 34.6 Å². The fraction of sp³-hybridized carbons (Fsp3) is 0.226. The van der Waals surface area contributed by atoms with E-state index in [1.165, 1.54) is 19.2 Å². The minimum atomic E-state index is -4.40. The van der Waals surface area contributed by atoms with Gasteiger partial charge in [-0.2, -0.15) is 18.4 Å². The number of anilines is 1. The summed E-state index contributed by atoms with van der Waals surface area (Å²) < 4.78 is 39.0. The summed E-state index contributed by atoms with van der Waals surface area (Å²) in [6.45, 7) is 7.53. The summed E-state index contributed by atoms with van der Waals surface area (Å²) in [5, 5.41) is 13.4. The zero-order valence-corrected chi connectivity index (χ0v) is 23.7. The Bertz CT molecular complexity index is 1860. The highest BCUT2D eigenvalue weighted by atomic mass is 19.4. The first-order valence-electron chi connectivity index (χ1n) is 13.0. The lowest BCUT2D eigenvalue weighted by atomic mass is 10.1. The van der Waals surface area contributed by atoms with Gasteiger partial charge in [0.2, 0.25) is 0 Å². The number of benzene rings is 1. The molecular weight excluding hydrogens is 543 g/mol. The van der Waals surface area contributed by atoms with Gasteiger partial charge in [0, 0.05) is 60.6 Å². The monoisotopic (exact) mass is 571 g/mol. The molecule has 4 aromatic heterocycles. The Morgan fingerprint density at radius 3 is 2.36 bits per heavy atom. The van der Waals surface area contributed by atoms with Gasteiger partial charge >= 0.3 is 6.18 Å². The maximum atomic E-state index is 12.8. The Morgan fingerprint density at radius 2 is 1.71 bits per heavy atom. The van der Waals surface area contributed by atoms with Gasteiger partial charge in [-0.3, -0.25) is 9.78 Å². The zero-order valence-electron chi connectivity index (χ0n) is 23.7. The molecule has 0 aliphatic carbocycles. The van der Waals surface area contributed by atoms with Gasteiger partial charge in [-0.1, -0.05) is 17.7 Å². The summed E-state index contributed by atoms with van der Waals surface area (Å²) in [6.07, 6.45) is 2.16. The van der Waals surface area contributed by atoms with E-state index in [1.54, 1.807) is 43.2 Å². The molecule has 1 N–H and O–H groups in total. The van der Waals surface area contributed by atoms with Gasteiger partial charge in [0.05, 0.1) is 16.9 Å². The lowest BCUT2D eigenvalue weighted by molar-refractivity contribution is -0.140. The SMILES string of the molecule is CCNc1ccc(C)nc1C(F)(F)F.Cc1ccc2cc(-c3cnc(-c4cncc(C#N)c4C)nc3)n(C)c(=O)c2c1. The number of alkyl halides is 3. The maximum Gasteiger partial charge on any atom is 0.435 e. The molecule has 214 valence electrons. The second kappa shape index (κ2) is 12.2. The summed E-state index contributed by atoms with van der Waals surface area (Å²) in [4.78, 5) is 29.2. The highest BCUT2D eigenvalue weighted by Crippen LogP contribution is 2.33. The van der Waals surface area contributed by atoms with Crippen LogP contribution in [0.15, 0.2) is 66.0 Å². The molecule has 0 saturated heterocycles. The Labute approximate surface area is 240 Å². The third-order valence-corrected chi connectivity index (χ3v) is 6.59. The molecule has 11 heteroatoms. The maximum absolute atomic E-state index is 12.8. The summed E-state index contributed by atoms with van der Waals surface area (Å²) >= 11 is 0. The van der Waals surface area contributed by atoms with Crippen molar-refractivity contribution >= 4 is 16.5 Å². The average Bonchev–Trinajstić information content (AvgIpc) is 2.96. The van der Waals surface area contributed by atoms with Gasteiger partial charge in [-0.05, 0) is 62.9 Å². The highest BCUT2D eigenvalue weighted by molar-refractivity contribution is 5.86. The van der Waals surface area contributed by atoms with Crippen molar-refractivity contribution in [1.82, 2.24) is 24.5 Å². The lowest BCUT2D eigenvalue weighted by Crippen LogP contribution is -2.18. The third kappa shape index (κ3) is 6.28. The molecule has 1 aromatic carbocycles. The number of fused-ring (bicyclic) bond motifs is 1. The predicted molar refractivity (Wildman–Crippen MR) is 156 cm³/mol. The number of nitrogens with one attached hydrogen (secondary N) is 1. The molecule has 42 heavy (non-hydrogen) atoms. The molecule has 0 aliphatic rings. The first-order chi connectivity index (χ1) is 19.9. The number of halogens is 3. The molecule has 0 saturated carbocycles. The molecule has 0 fully saturated rings. The lowest BCUT2D eigenvalue weighted by Gasteiger charge is -2.12. The standard InChI is InChI=1S/C22H17N5O.C9H11F3N2/c1-13-4-5-15-7-20(27(3)22(28)18(15)6-13)17-10-25-21(26-11-17)19-12-24-9-16(8-23)14(19)2;1-3-13-7-5-4-6(2)14-8(7)9(10,11)12/h4-7,9-12H,1-3H3;4-5,13H,3H2,1-2H3. The van der Waals surface area contributed by atoms with Crippen molar-refractivity contribution in [2.24, 2.45) is 7.05 Å². The molecule has 8 nitrogen and oxygen atoms in total. The van der Waals surface area contributed by atoms with Crippen LogP contribution in [0.2, 0.25) is 0 Å². The fourth-order valence-corrected chi connectivity index (χ4v) is 4.36. The molecular formula is C31H28F3N7O. The Balaban J connectivity index is 0.000000244. The van der Waals surface area contributed by atoms with Crippen molar-refractivity contribution in [3.63, 3.8) is 0 Å². The molecule has 4 heterocycles. The number of pyridine rings is 3. The number of nitriles is 1. The van der Waals surface area contributed by atoms with Crippen LogP contribution in [0.3, 0.4) is 0 Å². The van der Waals surface area contributed by atoms with Crippen molar-refractivity contribution < 1.29 is 13.2 Å². The van der Waals surface area contributed by atoms with Crippen molar-refractivity contribution in [3.8, 4) is 28.7 Å². The molecule has 0 bridgehead atoms. The van der Waals surface area contributed by atoms with Crippen LogP contribution in [0.25, 0.3) is 33.4 Å². The summed E-state index contributed by atoms with van der Waals surface area (Å²) in [5.74, 6) is 0.493. The van der Waals surface area contributed by atoms with Crippen LogP contribution in [0.1, 0.15) is 35.0 Å². The molecule has 0 aliphatic heterocycles. The van der Waals surface area contributed by atoms with Crippen LogP contribution in [0.4, 0.5) is 18.9 Å². The molecule has 0 radical (unpaired) electrons. The van der Waals surface area contributed by atoms with Gasteiger partial charge in [-0.15, -0.1) is 0 Å². The summed E-state index contributed by atoms with van der Waals surface area (Å²) in [7, 11) is 1.75. The van der Waals surface area contributed by atoms with Crippen molar-refractivity contribution in [3.05, 3.63) is 99.6 Å². The molecule has 5 rings (SSSR count).